The third-order valence-electron chi connectivity index (χ3n) is 3.22. The van der Waals surface area contributed by atoms with E-state index in [1.165, 1.54) is 0 Å². The minimum atomic E-state index is -0.797. The van der Waals surface area contributed by atoms with Gasteiger partial charge in [0.15, 0.2) is 0 Å². The van der Waals surface area contributed by atoms with E-state index in [0.29, 0.717) is 19.6 Å². The summed E-state index contributed by atoms with van der Waals surface area (Å²) in [6.45, 7) is 2.91. The van der Waals surface area contributed by atoms with Crippen molar-refractivity contribution in [1.29, 1.82) is 0 Å². The van der Waals surface area contributed by atoms with E-state index in [-0.39, 0.29) is 6.42 Å². The van der Waals surface area contributed by atoms with Crippen molar-refractivity contribution < 1.29 is 19.4 Å². The smallest absolute Gasteiger partial charge is 0.303 e. The molecule has 0 amide bonds. The van der Waals surface area contributed by atoms with E-state index in [0.717, 1.165) is 27.1 Å². The lowest BCUT2D eigenvalue weighted by atomic mass is 10.1. The number of aliphatic carboxylic acids is 1. The average molecular weight is 379 g/mol. The fourth-order valence-electron chi connectivity index (χ4n) is 2.08. The lowest BCUT2D eigenvalue weighted by Gasteiger charge is -2.11. The lowest BCUT2D eigenvalue weighted by molar-refractivity contribution is -0.136. The molecule has 2 aromatic rings. The van der Waals surface area contributed by atoms with Crippen LogP contribution in [-0.2, 0) is 11.2 Å². The molecular formula is C18H19BrO4. The van der Waals surface area contributed by atoms with Gasteiger partial charge in [-0.15, -0.1) is 0 Å². The van der Waals surface area contributed by atoms with Crippen LogP contribution in [0.2, 0.25) is 0 Å². The van der Waals surface area contributed by atoms with Crippen LogP contribution in [0, 0.1) is 6.92 Å². The molecule has 0 spiro atoms. The summed E-state index contributed by atoms with van der Waals surface area (Å²) >= 11 is 3.45. The van der Waals surface area contributed by atoms with Gasteiger partial charge in [-0.3, -0.25) is 4.79 Å². The quantitative estimate of drug-likeness (QED) is 0.698. The van der Waals surface area contributed by atoms with Crippen LogP contribution >= 0.6 is 15.9 Å². The van der Waals surface area contributed by atoms with Crippen LogP contribution in [0.5, 0.6) is 11.5 Å². The van der Waals surface area contributed by atoms with Crippen LogP contribution in [0.25, 0.3) is 0 Å². The molecule has 0 aromatic heterocycles. The van der Waals surface area contributed by atoms with Crippen molar-refractivity contribution in [3.63, 3.8) is 0 Å². The highest BCUT2D eigenvalue weighted by molar-refractivity contribution is 9.10. The molecule has 122 valence electrons. The van der Waals surface area contributed by atoms with E-state index < -0.39 is 5.97 Å². The summed E-state index contributed by atoms with van der Waals surface area (Å²) in [6.07, 6.45) is 0.627. The molecule has 5 heteroatoms. The number of ether oxygens (including phenoxy) is 2. The van der Waals surface area contributed by atoms with E-state index in [1.54, 1.807) is 0 Å². The third-order valence-corrected chi connectivity index (χ3v) is 3.84. The first-order valence-corrected chi connectivity index (χ1v) is 8.16. The third kappa shape index (κ3) is 5.94. The van der Waals surface area contributed by atoms with Gasteiger partial charge < -0.3 is 14.6 Å². The summed E-state index contributed by atoms with van der Waals surface area (Å²) in [4.78, 5) is 10.6. The van der Waals surface area contributed by atoms with Gasteiger partial charge in [-0.1, -0.05) is 18.2 Å². The molecule has 2 aromatic carbocycles. The molecule has 0 saturated heterocycles. The van der Waals surface area contributed by atoms with Gasteiger partial charge in [0.1, 0.15) is 24.7 Å². The minimum Gasteiger partial charge on any atom is -0.490 e. The van der Waals surface area contributed by atoms with E-state index in [1.807, 2.05) is 49.4 Å². The molecule has 0 aliphatic heterocycles. The van der Waals surface area contributed by atoms with Crippen LogP contribution in [-0.4, -0.2) is 24.3 Å². The first kappa shape index (κ1) is 17.3. The van der Waals surface area contributed by atoms with Crippen molar-refractivity contribution in [1.82, 2.24) is 0 Å². The predicted molar refractivity (Wildman–Crippen MR) is 92.3 cm³/mol. The second-order valence-electron chi connectivity index (χ2n) is 5.17. The fraction of sp³-hybridized carbons (Fsp3) is 0.278. The molecule has 2 rings (SSSR count). The lowest BCUT2D eigenvalue weighted by Crippen LogP contribution is -2.09. The van der Waals surface area contributed by atoms with Crippen molar-refractivity contribution in [2.75, 3.05) is 13.2 Å². The van der Waals surface area contributed by atoms with Gasteiger partial charge >= 0.3 is 5.97 Å². The van der Waals surface area contributed by atoms with E-state index in [9.17, 15) is 4.79 Å². The Morgan fingerprint density at radius 2 is 1.91 bits per heavy atom. The van der Waals surface area contributed by atoms with Crippen LogP contribution < -0.4 is 9.47 Å². The monoisotopic (exact) mass is 378 g/mol. The number of aryl methyl sites for hydroxylation is 2. The summed E-state index contributed by atoms with van der Waals surface area (Å²) in [6, 6.07) is 13.5. The zero-order chi connectivity index (χ0) is 16.7. The first-order valence-electron chi connectivity index (χ1n) is 7.37. The highest BCUT2D eigenvalue weighted by Gasteiger charge is 2.05. The molecule has 1 N–H and O–H groups in total. The maximum absolute atomic E-state index is 10.6. The number of carboxylic acids is 1. The van der Waals surface area contributed by atoms with Gasteiger partial charge in [-0.25, -0.2) is 0 Å². The Hall–Kier alpha value is -2.01. The number of carbonyl (C=O) groups is 1. The summed E-state index contributed by atoms with van der Waals surface area (Å²) in [7, 11) is 0. The summed E-state index contributed by atoms with van der Waals surface area (Å²) < 4.78 is 12.1. The number of carboxylic acid groups (broad SMARTS) is 1. The van der Waals surface area contributed by atoms with Crippen molar-refractivity contribution >= 4 is 21.9 Å². The van der Waals surface area contributed by atoms with Crippen molar-refractivity contribution in [3.05, 3.63) is 58.1 Å². The maximum atomic E-state index is 10.6. The molecule has 0 fully saturated rings. The molecule has 0 radical (unpaired) electrons. The number of benzene rings is 2. The average Bonchev–Trinajstić information content (AvgIpc) is 2.51. The molecule has 0 saturated carbocycles. The topological polar surface area (TPSA) is 55.8 Å². The molecule has 0 bridgehead atoms. The maximum Gasteiger partial charge on any atom is 0.303 e. The molecule has 0 heterocycles. The minimum absolute atomic E-state index is 0.122. The van der Waals surface area contributed by atoms with Gasteiger partial charge in [0.05, 0.1) is 4.47 Å². The molecule has 4 nitrogen and oxygen atoms in total. The highest BCUT2D eigenvalue weighted by atomic mass is 79.9. The standard InChI is InChI=1S/C18H19BrO4/c1-13-3-2-4-15(11-13)22-9-10-23-17-7-5-14(12-16(17)19)6-8-18(20)21/h2-5,7,11-12H,6,8-10H2,1H3,(H,20,21). The van der Waals surface area contributed by atoms with E-state index in [2.05, 4.69) is 15.9 Å². The number of hydrogen-bond donors (Lipinski definition) is 1. The van der Waals surface area contributed by atoms with Crippen LogP contribution in [0.15, 0.2) is 46.9 Å². The normalized spacial score (nSPS) is 10.3. The Kier molecular flexibility index (Phi) is 6.47. The Bertz CT molecular complexity index is 670. The summed E-state index contributed by atoms with van der Waals surface area (Å²) in [5.74, 6) is 0.753. The van der Waals surface area contributed by atoms with Gasteiger partial charge in [-0.2, -0.15) is 0 Å². The van der Waals surface area contributed by atoms with Crippen molar-refractivity contribution in [2.45, 2.75) is 19.8 Å². The zero-order valence-corrected chi connectivity index (χ0v) is 14.5. The second kappa shape index (κ2) is 8.58. The van der Waals surface area contributed by atoms with Gasteiger partial charge in [0.25, 0.3) is 0 Å². The van der Waals surface area contributed by atoms with Crippen LogP contribution in [0.3, 0.4) is 0 Å². The van der Waals surface area contributed by atoms with Crippen LogP contribution in [0.1, 0.15) is 17.5 Å². The molecule has 0 aliphatic rings. The Balaban J connectivity index is 1.80. The fourth-order valence-corrected chi connectivity index (χ4v) is 2.63. The van der Waals surface area contributed by atoms with Gasteiger partial charge in [0.2, 0.25) is 0 Å². The van der Waals surface area contributed by atoms with Gasteiger partial charge in [0, 0.05) is 6.42 Å². The van der Waals surface area contributed by atoms with Gasteiger partial charge in [-0.05, 0) is 64.7 Å². The molecule has 0 unspecified atom stereocenters. The summed E-state index contributed by atoms with van der Waals surface area (Å²) in [5, 5.41) is 8.70. The SMILES string of the molecule is Cc1cccc(OCCOc2ccc(CCC(=O)O)cc2Br)c1. The molecule has 0 atom stereocenters. The predicted octanol–water partition coefficient (Wildman–Crippen LogP) is 4.23. The Morgan fingerprint density at radius 1 is 1.13 bits per heavy atom. The number of halogens is 1. The van der Waals surface area contributed by atoms with Crippen molar-refractivity contribution in [3.8, 4) is 11.5 Å². The van der Waals surface area contributed by atoms with Crippen LogP contribution in [0.4, 0.5) is 0 Å². The first-order chi connectivity index (χ1) is 11.0. The van der Waals surface area contributed by atoms with E-state index >= 15 is 0 Å². The molecular weight excluding hydrogens is 360 g/mol. The Labute approximate surface area is 144 Å². The second-order valence-corrected chi connectivity index (χ2v) is 6.03. The Morgan fingerprint density at radius 3 is 2.61 bits per heavy atom. The molecule has 0 aliphatic carbocycles. The molecule has 23 heavy (non-hydrogen) atoms. The number of hydrogen-bond acceptors (Lipinski definition) is 3. The summed E-state index contributed by atoms with van der Waals surface area (Å²) in [5.41, 5.74) is 2.12. The van der Waals surface area contributed by atoms with E-state index in [4.69, 9.17) is 14.6 Å². The highest BCUT2D eigenvalue weighted by Crippen LogP contribution is 2.26. The largest absolute Gasteiger partial charge is 0.490 e. The van der Waals surface area contributed by atoms with Crippen molar-refractivity contribution in [2.24, 2.45) is 0 Å². The zero-order valence-electron chi connectivity index (χ0n) is 12.9. The number of rotatable bonds is 8.